The molecule has 1 heterocycles. The van der Waals surface area contributed by atoms with Crippen molar-refractivity contribution in [2.24, 2.45) is 11.7 Å². The summed E-state index contributed by atoms with van der Waals surface area (Å²) in [4.78, 5) is 0.0991. The summed E-state index contributed by atoms with van der Waals surface area (Å²) in [5, 5.41) is 0.345. The smallest absolute Gasteiger partial charge is 0.246 e. The van der Waals surface area contributed by atoms with E-state index in [4.69, 9.17) is 22.1 Å². The van der Waals surface area contributed by atoms with E-state index in [1.807, 2.05) is 6.92 Å². The quantitative estimate of drug-likeness (QED) is 0.919. The first kappa shape index (κ1) is 15.6. The Morgan fingerprint density at radius 2 is 2.20 bits per heavy atom. The molecule has 1 aromatic rings. The molecule has 0 bridgehead atoms. The Morgan fingerprint density at radius 1 is 1.50 bits per heavy atom. The summed E-state index contributed by atoms with van der Waals surface area (Å²) < 4.78 is 32.2. The number of hydrogen-bond acceptors (Lipinski definition) is 4. The highest BCUT2D eigenvalue weighted by molar-refractivity contribution is 7.89. The molecule has 0 saturated carbocycles. The molecule has 2 N–H and O–H groups in total. The topological polar surface area (TPSA) is 72.6 Å². The third kappa shape index (κ3) is 2.79. The molecule has 0 aliphatic carbocycles. The fraction of sp³-hybridized carbons (Fsp3) is 0.538. The third-order valence-corrected chi connectivity index (χ3v) is 5.61. The van der Waals surface area contributed by atoms with Gasteiger partial charge in [-0.05, 0) is 24.5 Å². The molecule has 0 radical (unpaired) electrons. The average molecular weight is 319 g/mol. The van der Waals surface area contributed by atoms with Crippen LogP contribution >= 0.6 is 11.6 Å². The van der Waals surface area contributed by atoms with Crippen molar-refractivity contribution in [2.45, 2.75) is 24.8 Å². The van der Waals surface area contributed by atoms with Gasteiger partial charge in [0.15, 0.2) is 0 Å². The highest BCUT2D eigenvalue weighted by atomic mass is 35.5. The molecule has 1 atom stereocenters. The van der Waals surface area contributed by atoms with Gasteiger partial charge in [-0.3, -0.25) is 0 Å². The van der Waals surface area contributed by atoms with Gasteiger partial charge < -0.3 is 10.5 Å². The summed E-state index contributed by atoms with van der Waals surface area (Å²) in [6.45, 7) is 3.26. The number of nitrogens with zero attached hydrogens (tertiary/aromatic N) is 1. The predicted molar refractivity (Wildman–Crippen MR) is 78.4 cm³/mol. The van der Waals surface area contributed by atoms with Crippen molar-refractivity contribution in [1.29, 1.82) is 0 Å². The van der Waals surface area contributed by atoms with Gasteiger partial charge in [-0.2, -0.15) is 4.31 Å². The molecular formula is C13H19ClN2O3S. The number of rotatable bonds is 4. The van der Waals surface area contributed by atoms with E-state index < -0.39 is 10.0 Å². The molecule has 1 unspecified atom stereocenters. The lowest BCUT2D eigenvalue weighted by Gasteiger charge is -2.19. The minimum absolute atomic E-state index is 0.0991. The Morgan fingerprint density at radius 3 is 2.70 bits per heavy atom. The van der Waals surface area contributed by atoms with Crippen LogP contribution in [0.1, 0.15) is 18.9 Å². The largest absolute Gasteiger partial charge is 0.495 e. The first-order chi connectivity index (χ1) is 9.40. The maximum atomic E-state index is 12.7. The molecule has 0 spiro atoms. The van der Waals surface area contributed by atoms with E-state index in [-0.39, 0.29) is 17.2 Å². The van der Waals surface area contributed by atoms with Crippen LogP contribution in [0.3, 0.4) is 0 Å². The van der Waals surface area contributed by atoms with Gasteiger partial charge in [0.05, 0.1) is 7.11 Å². The minimum atomic E-state index is -3.60. The zero-order valence-electron chi connectivity index (χ0n) is 11.6. The van der Waals surface area contributed by atoms with Crippen LogP contribution in [0.5, 0.6) is 5.75 Å². The van der Waals surface area contributed by atoms with Crippen LogP contribution in [-0.2, 0) is 16.6 Å². The SMILES string of the molecule is COc1c(CN)cc(Cl)cc1S(=O)(=O)N1CCC(C)C1. The molecule has 0 amide bonds. The number of hydrogen-bond donors (Lipinski definition) is 1. The molecule has 1 aliphatic rings. The van der Waals surface area contributed by atoms with Crippen molar-refractivity contribution < 1.29 is 13.2 Å². The van der Waals surface area contributed by atoms with Crippen molar-refractivity contribution in [1.82, 2.24) is 4.31 Å². The van der Waals surface area contributed by atoms with Crippen molar-refractivity contribution in [2.75, 3.05) is 20.2 Å². The Hall–Kier alpha value is -0.820. The van der Waals surface area contributed by atoms with Gasteiger partial charge in [-0.1, -0.05) is 18.5 Å². The van der Waals surface area contributed by atoms with E-state index in [0.29, 0.717) is 29.6 Å². The fourth-order valence-electron chi connectivity index (χ4n) is 2.45. The summed E-state index contributed by atoms with van der Waals surface area (Å²) in [6, 6.07) is 3.06. The summed E-state index contributed by atoms with van der Waals surface area (Å²) in [6.07, 6.45) is 0.867. The fourth-order valence-corrected chi connectivity index (χ4v) is 4.55. The van der Waals surface area contributed by atoms with Gasteiger partial charge in [0.25, 0.3) is 0 Å². The van der Waals surface area contributed by atoms with Crippen LogP contribution < -0.4 is 10.5 Å². The second kappa shape index (κ2) is 5.89. The summed E-state index contributed by atoms with van der Waals surface area (Å²) in [5.41, 5.74) is 6.22. The van der Waals surface area contributed by atoms with Gasteiger partial charge in [-0.15, -0.1) is 0 Å². The van der Waals surface area contributed by atoms with E-state index >= 15 is 0 Å². The molecule has 0 aromatic heterocycles. The Bertz CT molecular complexity index is 604. The van der Waals surface area contributed by atoms with Crippen LogP contribution in [-0.4, -0.2) is 32.9 Å². The molecule has 112 valence electrons. The Labute approximate surface area is 124 Å². The lowest BCUT2D eigenvalue weighted by Crippen LogP contribution is -2.29. The van der Waals surface area contributed by atoms with Crippen molar-refractivity contribution in [3.8, 4) is 5.75 Å². The van der Waals surface area contributed by atoms with Gasteiger partial charge in [0.1, 0.15) is 10.6 Å². The van der Waals surface area contributed by atoms with E-state index in [2.05, 4.69) is 0 Å². The first-order valence-electron chi connectivity index (χ1n) is 6.46. The second-order valence-corrected chi connectivity index (χ2v) is 7.40. The third-order valence-electron chi connectivity index (χ3n) is 3.53. The van der Waals surface area contributed by atoms with Crippen LogP contribution in [0, 0.1) is 5.92 Å². The maximum absolute atomic E-state index is 12.7. The average Bonchev–Trinajstić information content (AvgIpc) is 2.85. The highest BCUT2D eigenvalue weighted by Crippen LogP contribution is 2.35. The maximum Gasteiger partial charge on any atom is 0.246 e. The van der Waals surface area contributed by atoms with Crippen molar-refractivity contribution in [3.63, 3.8) is 0 Å². The van der Waals surface area contributed by atoms with Crippen LogP contribution in [0.4, 0.5) is 0 Å². The first-order valence-corrected chi connectivity index (χ1v) is 8.28. The predicted octanol–water partition coefficient (Wildman–Crippen LogP) is 1.84. The molecule has 1 aliphatic heterocycles. The van der Waals surface area contributed by atoms with E-state index in [1.54, 1.807) is 6.07 Å². The van der Waals surface area contributed by atoms with E-state index in [9.17, 15) is 8.42 Å². The highest BCUT2D eigenvalue weighted by Gasteiger charge is 2.33. The molecule has 2 rings (SSSR count). The minimum Gasteiger partial charge on any atom is -0.495 e. The number of ether oxygens (including phenoxy) is 1. The molecule has 1 fully saturated rings. The normalized spacial score (nSPS) is 20.3. The van der Waals surface area contributed by atoms with Gasteiger partial charge in [-0.25, -0.2) is 8.42 Å². The monoisotopic (exact) mass is 318 g/mol. The summed E-state index contributed by atoms with van der Waals surface area (Å²) in [7, 11) is -2.16. The lowest BCUT2D eigenvalue weighted by molar-refractivity contribution is 0.393. The van der Waals surface area contributed by atoms with E-state index in [0.717, 1.165) is 6.42 Å². The zero-order valence-corrected chi connectivity index (χ0v) is 13.2. The lowest BCUT2D eigenvalue weighted by atomic mass is 10.2. The van der Waals surface area contributed by atoms with Crippen molar-refractivity contribution in [3.05, 3.63) is 22.7 Å². The van der Waals surface area contributed by atoms with Crippen LogP contribution in [0.25, 0.3) is 0 Å². The standard InChI is InChI=1S/C13H19ClN2O3S/c1-9-3-4-16(8-9)20(17,18)12-6-11(14)5-10(7-15)13(12)19-2/h5-6,9H,3-4,7-8,15H2,1-2H3. The zero-order chi connectivity index (χ0) is 14.9. The number of sulfonamides is 1. The summed E-state index contributed by atoms with van der Waals surface area (Å²) >= 11 is 6.01. The molecule has 1 aromatic carbocycles. The molecule has 5 nitrogen and oxygen atoms in total. The van der Waals surface area contributed by atoms with Crippen LogP contribution in [0.15, 0.2) is 17.0 Å². The number of benzene rings is 1. The van der Waals surface area contributed by atoms with Crippen LogP contribution in [0.2, 0.25) is 5.02 Å². The molecule has 20 heavy (non-hydrogen) atoms. The van der Waals surface area contributed by atoms with Crippen molar-refractivity contribution >= 4 is 21.6 Å². The van der Waals surface area contributed by atoms with Gasteiger partial charge in [0.2, 0.25) is 10.0 Å². The Kier molecular flexibility index (Phi) is 4.59. The number of methoxy groups -OCH3 is 1. The number of nitrogens with two attached hydrogens (primary N) is 1. The molecule has 7 heteroatoms. The van der Waals surface area contributed by atoms with E-state index in [1.165, 1.54) is 17.5 Å². The van der Waals surface area contributed by atoms with Gasteiger partial charge >= 0.3 is 0 Å². The Balaban J connectivity index is 2.53. The molecular weight excluding hydrogens is 300 g/mol. The second-order valence-electron chi connectivity index (χ2n) is 5.06. The van der Waals surface area contributed by atoms with Gasteiger partial charge in [0, 0.05) is 30.2 Å². The summed E-state index contributed by atoms with van der Waals surface area (Å²) in [5.74, 6) is 0.653. The molecule has 1 saturated heterocycles. The number of halogens is 1.